The normalized spacial score (nSPS) is 30.3. The van der Waals surface area contributed by atoms with Crippen molar-refractivity contribution in [2.24, 2.45) is 11.8 Å². The summed E-state index contributed by atoms with van der Waals surface area (Å²) in [5.41, 5.74) is 5.63. The number of fused-ring (bicyclic) bond motifs is 1. The topological polar surface area (TPSA) is 42.1 Å². The van der Waals surface area contributed by atoms with Crippen LogP contribution < -0.4 is 10.6 Å². The number of hydrogen-bond acceptors (Lipinski definition) is 3. The molecule has 0 spiro atoms. The lowest BCUT2D eigenvalue weighted by Gasteiger charge is -2.18. The van der Waals surface area contributed by atoms with Crippen molar-refractivity contribution in [3.05, 3.63) is 18.2 Å². The number of nitrogen functional groups attached to an aromatic ring is 1. The van der Waals surface area contributed by atoms with E-state index in [1.807, 2.05) is 18.2 Å². The lowest BCUT2D eigenvalue weighted by Crippen LogP contribution is -2.22. The summed E-state index contributed by atoms with van der Waals surface area (Å²) in [7, 11) is 0. The van der Waals surface area contributed by atoms with Gasteiger partial charge < -0.3 is 10.6 Å². The molecule has 1 saturated heterocycles. The standard InChI is InChI=1S/C10H13N3/c11-9-2-1-3-10(12-9)13-5-7-4-8(7)6-13/h1-3,7-8H,4-6H2,(H2,11,12)/t7-,8+. The average Bonchev–Trinajstić information content (AvgIpc) is 2.74. The quantitative estimate of drug-likeness (QED) is 0.695. The summed E-state index contributed by atoms with van der Waals surface area (Å²) in [6.07, 6.45) is 1.43. The van der Waals surface area contributed by atoms with Gasteiger partial charge in [-0.05, 0) is 30.4 Å². The van der Waals surface area contributed by atoms with Crippen molar-refractivity contribution in [2.75, 3.05) is 23.7 Å². The number of hydrogen-bond donors (Lipinski definition) is 1. The second-order valence-corrected chi connectivity index (χ2v) is 4.08. The molecule has 13 heavy (non-hydrogen) atoms. The zero-order valence-electron chi connectivity index (χ0n) is 7.48. The van der Waals surface area contributed by atoms with Crippen LogP contribution in [0.4, 0.5) is 11.6 Å². The fraction of sp³-hybridized carbons (Fsp3) is 0.500. The Balaban J connectivity index is 1.84. The molecule has 1 aromatic heterocycles. The first-order valence-electron chi connectivity index (χ1n) is 4.80. The van der Waals surface area contributed by atoms with E-state index in [4.69, 9.17) is 5.73 Å². The molecule has 0 amide bonds. The molecule has 2 atom stereocenters. The Bertz CT molecular complexity index is 327. The molecule has 2 heterocycles. The average molecular weight is 175 g/mol. The van der Waals surface area contributed by atoms with Gasteiger partial charge in [-0.1, -0.05) is 6.07 Å². The summed E-state index contributed by atoms with van der Waals surface area (Å²) in [6.45, 7) is 2.36. The number of nitrogens with two attached hydrogens (primary N) is 1. The first-order chi connectivity index (χ1) is 6.33. The molecule has 2 N–H and O–H groups in total. The van der Waals surface area contributed by atoms with E-state index in [0.29, 0.717) is 5.82 Å². The number of piperidine rings is 1. The van der Waals surface area contributed by atoms with Gasteiger partial charge in [0.05, 0.1) is 0 Å². The number of pyridine rings is 1. The van der Waals surface area contributed by atoms with Crippen molar-refractivity contribution >= 4 is 11.6 Å². The Morgan fingerprint density at radius 1 is 1.31 bits per heavy atom. The van der Waals surface area contributed by atoms with Gasteiger partial charge in [0.1, 0.15) is 11.6 Å². The van der Waals surface area contributed by atoms with E-state index in [9.17, 15) is 0 Å². The second kappa shape index (κ2) is 2.37. The Kier molecular flexibility index (Phi) is 1.31. The molecule has 3 heteroatoms. The molecule has 3 nitrogen and oxygen atoms in total. The molecule has 1 aliphatic carbocycles. The van der Waals surface area contributed by atoms with Gasteiger partial charge in [-0.3, -0.25) is 0 Å². The molecule has 0 aromatic carbocycles. The van der Waals surface area contributed by atoms with Crippen LogP contribution in [0.15, 0.2) is 18.2 Å². The van der Waals surface area contributed by atoms with Crippen LogP contribution in [0.5, 0.6) is 0 Å². The molecule has 0 radical (unpaired) electrons. The highest BCUT2D eigenvalue weighted by atomic mass is 15.2. The van der Waals surface area contributed by atoms with Gasteiger partial charge in [-0.15, -0.1) is 0 Å². The summed E-state index contributed by atoms with van der Waals surface area (Å²) >= 11 is 0. The highest BCUT2D eigenvalue weighted by molar-refractivity contribution is 5.46. The maximum absolute atomic E-state index is 5.63. The number of nitrogens with zero attached hydrogens (tertiary/aromatic N) is 2. The van der Waals surface area contributed by atoms with Crippen LogP contribution in [-0.4, -0.2) is 18.1 Å². The number of aromatic nitrogens is 1. The fourth-order valence-electron chi connectivity index (χ4n) is 2.20. The third-order valence-corrected chi connectivity index (χ3v) is 3.06. The number of anilines is 2. The van der Waals surface area contributed by atoms with Crippen LogP contribution in [0, 0.1) is 11.8 Å². The smallest absolute Gasteiger partial charge is 0.130 e. The largest absolute Gasteiger partial charge is 0.384 e. The third kappa shape index (κ3) is 1.15. The minimum Gasteiger partial charge on any atom is -0.384 e. The van der Waals surface area contributed by atoms with Crippen molar-refractivity contribution < 1.29 is 0 Å². The Labute approximate surface area is 77.6 Å². The van der Waals surface area contributed by atoms with Gasteiger partial charge >= 0.3 is 0 Å². The molecule has 3 rings (SSSR count). The monoisotopic (exact) mass is 175 g/mol. The maximum atomic E-state index is 5.63. The van der Waals surface area contributed by atoms with E-state index in [1.54, 1.807) is 0 Å². The minimum atomic E-state index is 0.623. The van der Waals surface area contributed by atoms with Gasteiger partial charge in [-0.2, -0.15) is 0 Å². The summed E-state index contributed by atoms with van der Waals surface area (Å²) in [4.78, 5) is 6.66. The maximum Gasteiger partial charge on any atom is 0.130 e. The Hall–Kier alpha value is -1.25. The molecule has 1 saturated carbocycles. The van der Waals surface area contributed by atoms with Crippen LogP contribution in [0.1, 0.15) is 6.42 Å². The van der Waals surface area contributed by atoms with Gasteiger partial charge in [0.2, 0.25) is 0 Å². The van der Waals surface area contributed by atoms with E-state index in [1.165, 1.54) is 19.5 Å². The molecular weight excluding hydrogens is 162 g/mol. The molecule has 0 bridgehead atoms. The summed E-state index contributed by atoms with van der Waals surface area (Å²) in [6, 6.07) is 5.85. The predicted molar refractivity (Wildman–Crippen MR) is 52.5 cm³/mol. The summed E-state index contributed by atoms with van der Waals surface area (Å²) in [5.74, 6) is 3.57. The van der Waals surface area contributed by atoms with Crippen LogP contribution in [0.3, 0.4) is 0 Å². The Morgan fingerprint density at radius 2 is 2.08 bits per heavy atom. The zero-order valence-corrected chi connectivity index (χ0v) is 7.48. The predicted octanol–water partition coefficient (Wildman–Crippen LogP) is 1.12. The van der Waals surface area contributed by atoms with Gasteiger partial charge in [0.25, 0.3) is 0 Å². The Morgan fingerprint density at radius 3 is 2.77 bits per heavy atom. The van der Waals surface area contributed by atoms with Crippen molar-refractivity contribution in [1.29, 1.82) is 0 Å². The van der Waals surface area contributed by atoms with E-state index in [-0.39, 0.29) is 0 Å². The van der Waals surface area contributed by atoms with E-state index in [0.717, 1.165) is 17.7 Å². The highest BCUT2D eigenvalue weighted by Crippen LogP contribution is 2.45. The first-order valence-corrected chi connectivity index (χ1v) is 4.80. The lowest BCUT2D eigenvalue weighted by molar-refractivity contribution is 0.806. The van der Waals surface area contributed by atoms with Crippen molar-refractivity contribution in [3.8, 4) is 0 Å². The third-order valence-electron chi connectivity index (χ3n) is 3.06. The zero-order chi connectivity index (χ0) is 8.84. The van der Waals surface area contributed by atoms with Crippen LogP contribution in [0.25, 0.3) is 0 Å². The minimum absolute atomic E-state index is 0.623. The van der Waals surface area contributed by atoms with Crippen molar-refractivity contribution in [1.82, 2.24) is 4.98 Å². The summed E-state index contributed by atoms with van der Waals surface area (Å²) < 4.78 is 0. The second-order valence-electron chi connectivity index (χ2n) is 4.08. The fourth-order valence-corrected chi connectivity index (χ4v) is 2.20. The van der Waals surface area contributed by atoms with Crippen LogP contribution in [-0.2, 0) is 0 Å². The van der Waals surface area contributed by atoms with Crippen LogP contribution in [0.2, 0.25) is 0 Å². The molecular formula is C10H13N3. The van der Waals surface area contributed by atoms with E-state index in [2.05, 4.69) is 9.88 Å². The molecule has 68 valence electrons. The molecule has 1 aliphatic heterocycles. The SMILES string of the molecule is Nc1cccc(N2C[C@H]3C[C@H]3C2)n1. The van der Waals surface area contributed by atoms with Gasteiger partial charge in [0, 0.05) is 13.1 Å². The van der Waals surface area contributed by atoms with Gasteiger partial charge in [0.15, 0.2) is 0 Å². The molecule has 2 fully saturated rings. The molecule has 1 aromatic rings. The molecule has 0 unspecified atom stereocenters. The van der Waals surface area contributed by atoms with Crippen molar-refractivity contribution in [2.45, 2.75) is 6.42 Å². The number of rotatable bonds is 1. The highest BCUT2D eigenvalue weighted by Gasteiger charge is 2.45. The molecule has 2 aliphatic rings. The van der Waals surface area contributed by atoms with E-state index >= 15 is 0 Å². The first kappa shape index (κ1) is 7.18. The van der Waals surface area contributed by atoms with Gasteiger partial charge in [-0.25, -0.2) is 4.98 Å². The van der Waals surface area contributed by atoms with Crippen molar-refractivity contribution in [3.63, 3.8) is 0 Å². The van der Waals surface area contributed by atoms with E-state index < -0.39 is 0 Å². The summed E-state index contributed by atoms with van der Waals surface area (Å²) in [5, 5.41) is 0. The van der Waals surface area contributed by atoms with Crippen LogP contribution >= 0.6 is 0 Å². The lowest BCUT2D eigenvalue weighted by atomic mass is 10.4.